The standard InChI is InChI=1S/C26H22FN3O4/c27-19-13-17-23-25(22(19)28-7-10-29-8-3-4-9-29)34-21-12-16-6-2-1-5-15(16)11-20(21)30(23)14-18(24(17)31)26(32)33/h1-2,5-6,11-14,28H,3-4,7-10H2,(H,32,33). The lowest BCUT2D eigenvalue weighted by Crippen LogP contribution is -2.26. The summed E-state index contributed by atoms with van der Waals surface area (Å²) in [5, 5.41) is 14.6. The van der Waals surface area contributed by atoms with E-state index >= 15 is 4.39 Å². The van der Waals surface area contributed by atoms with Crippen molar-refractivity contribution < 1.29 is 19.0 Å². The molecule has 34 heavy (non-hydrogen) atoms. The molecule has 2 N–H and O–H groups in total. The summed E-state index contributed by atoms with van der Waals surface area (Å²) < 4.78 is 23.2. The molecule has 0 saturated carbocycles. The lowest BCUT2D eigenvalue weighted by atomic mass is 10.0. The van der Waals surface area contributed by atoms with E-state index in [1.165, 1.54) is 19.0 Å². The van der Waals surface area contributed by atoms with E-state index in [9.17, 15) is 14.7 Å². The number of hydrogen-bond donors (Lipinski definition) is 2. The highest BCUT2D eigenvalue weighted by molar-refractivity contribution is 6.00. The van der Waals surface area contributed by atoms with Crippen LogP contribution in [0.15, 0.2) is 53.5 Å². The van der Waals surface area contributed by atoms with Crippen LogP contribution in [0.1, 0.15) is 23.2 Å². The zero-order valence-electron chi connectivity index (χ0n) is 18.3. The van der Waals surface area contributed by atoms with E-state index in [2.05, 4.69) is 10.2 Å². The van der Waals surface area contributed by atoms with Crippen molar-refractivity contribution in [3.05, 3.63) is 70.3 Å². The molecule has 172 valence electrons. The van der Waals surface area contributed by atoms with Gasteiger partial charge in [0.05, 0.1) is 11.1 Å². The Morgan fingerprint density at radius 2 is 1.85 bits per heavy atom. The number of hydrogen-bond acceptors (Lipinski definition) is 5. The first kappa shape index (κ1) is 20.7. The smallest absolute Gasteiger partial charge is 0.341 e. The molecular formula is C26H22FN3O4. The van der Waals surface area contributed by atoms with Gasteiger partial charge in [-0.2, -0.15) is 0 Å². The molecule has 0 bridgehead atoms. The van der Waals surface area contributed by atoms with Crippen LogP contribution in [0.2, 0.25) is 0 Å². The van der Waals surface area contributed by atoms with Gasteiger partial charge in [0.1, 0.15) is 16.8 Å². The number of carboxylic acid groups (broad SMARTS) is 1. The third kappa shape index (κ3) is 3.21. The summed E-state index contributed by atoms with van der Waals surface area (Å²) in [7, 11) is 0. The number of benzene rings is 3. The fourth-order valence-corrected chi connectivity index (χ4v) is 4.97. The monoisotopic (exact) mass is 459 g/mol. The summed E-state index contributed by atoms with van der Waals surface area (Å²) in [6.07, 6.45) is 3.64. The maximum Gasteiger partial charge on any atom is 0.341 e. The van der Waals surface area contributed by atoms with Crippen molar-refractivity contribution in [3.63, 3.8) is 0 Å². The second-order valence-corrected chi connectivity index (χ2v) is 8.75. The van der Waals surface area contributed by atoms with Crippen LogP contribution in [-0.2, 0) is 0 Å². The predicted octanol–water partition coefficient (Wildman–Crippen LogP) is 4.59. The number of aromatic nitrogens is 1. The minimum Gasteiger partial charge on any atom is -0.477 e. The molecule has 6 rings (SSSR count). The molecule has 2 aliphatic rings. The molecular weight excluding hydrogens is 437 g/mol. The summed E-state index contributed by atoms with van der Waals surface area (Å²) in [6.45, 7) is 3.34. The molecule has 0 unspecified atom stereocenters. The highest BCUT2D eigenvalue weighted by atomic mass is 19.1. The van der Waals surface area contributed by atoms with Crippen LogP contribution in [0.4, 0.5) is 10.1 Å². The molecule has 1 fully saturated rings. The molecule has 0 amide bonds. The van der Waals surface area contributed by atoms with Gasteiger partial charge in [0, 0.05) is 19.3 Å². The van der Waals surface area contributed by atoms with E-state index in [4.69, 9.17) is 4.74 Å². The topological polar surface area (TPSA) is 83.8 Å². The quantitative estimate of drug-likeness (QED) is 0.400. The Morgan fingerprint density at radius 3 is 2.59 bits per heavy atom. The number of likely N-dealkylation sites (tertiary alicyclic amines) is 1. The summed E-state index contributed by atoms with van der Waals surface area (Å²) in [5.41, 5.74) is -0.0538. The van der Waals surface area contributed by atoms with Crippen LogP contribution in [0.5, 0.6) is 11.5 Å². The van der Waals surface area contributed by atoms with Gasteiger partial charge in [-0.3, -0.25) is 4.79 Å². The van der Waals surface area contributed by atoms with Crippen LogP contribution in [0.3, 0.4) is 0 Å². The van der Waals surface area contributed by atoms with Gasteiger partial charge in [0.2, 0.25) is 5.43 Å². The maximum atomic E-state index is 15.3. The number of nitrogens with one attached hydrogen (secondary N) is 1. The van der Waals surface area contributed by atoms with Crippen molar-refractivity contribution >= 4 is 33.3 Å². The van der Waals surface area contributed by atoms with E-state index < -0.39 is 22.8 Å². The molecule has 0 radical (unpaired) electrons. The Labute approximate surface area is 194 Å². The molecule has 0 spiro atoms. The molecule has 0 atom stereocenters. The fraction of sp³-hybridized carbons (Fsp3) is 0.231. The fourth-order valence-electron chi connectivity index (χ4n) is 4.97. The minimum absolute atomic E-state index is 0.0312. The number of halogens is 1. The first-order valence-corrected chi connectivity index (χ1v) is 11.3. The predicted molar refractivity (Wildman–Crippen MR) is 128 cm³/mol. The third-order valence-corrected chi connectivity index (χ3v) is 6.65. The number of pyridine rings is 1. The number of anilines is 1. The van der Waals surface area contributed by atoms with Crippen molar-refractivity contribution in [1.82, 2.24) is 9.47 Å². The van der Waals surface area contributed by atoms with Gasteiger partial charge in [-0.25, -0.2) is 9.18 Å². The molecule has 3 heterocycles. The molecule has 4 aromatic rings. The molecule has 1 aromatic heterocycles. The second kappa shape index (κ2) is 7.85. The van der Waals surface area contributed by atoms with Gasteiger partial charge in [0.25, 0.3) is 0 Å². The van der Waals surface area contributed by atoms with Crippen LogP contribution in [0, 0.1) is 5.82 Å². The molecule has 3 aromatic carbocycles. The zero-order chi connectivity index (χ0) is 23.4. The largest absolute Gasteiger partial charge is 0.477 e. The highest BCUT2D eigenvalue weighted by Crippen LogP contribution is 2.46. The lowest BCUT2D eigenvalue weighted by Gasteiger charge is -2.26. The number of nitrogens with zero attached hydrogens (tertiary/aromatic N) is 2. The number of carbonyl (C=O) groups is 1. The van der Waals surface area contributed by atoms with Gasteiger partial charge in [-0.15, -0.1) is 0 Å². The Hall–Kier alpha value is -3.91. The number of aromatic carboxylic acids is 1. The summed E-state index contributed by atoms with van der Waals surface area (Å²) in [5.74, 6) is -1.37. The van der Waals surface area contributed by atoms with Crippen molar-refractivity contribution in [2.24, 2.45) is 0 Å². The van der Waals surface area contributed by atoms with Gasteiger partial charge >= 0.3 is 5.97 Å². The van der Waals surface area contributed by atoms with E-state index in [1.54, 1.807) is 4.57 Å². The second-order valence-electron chi connectivity index (χ2n) is 8.75. The van der Waals surface area contributed by atoms with E-state index in [-0.39, 0.29) is 16.8 Å². The van der Waals surface area contributed by atoms with E-state index in [0.29, 0.717) is 23.5 Å². The average molecular weight is 459 g/mol. The van der Waals surface area contributed by atoms with Crippen molar-refractivity contribution in [3.8, 4) is 17.2 Å². The Bertz CT molecular complexity index is 1540. The normalized spacial score (nSPS) is 14.9. The zero-order valence-corrected chi connectivity index (χ0v) is 18.3. The number of rotatable bonds is 5. The summed E-state index contributed by atoms with van der Waals surface area (Å²) in [6, 6.07) is 12.5. The van der Waals surface area contributed by atoms with Crippen molar-refractivity contribution in [1.29, 1.82) is 0 Å². The summed E-state index contributed by atoms with van der Waals surface area (Å²) in [4.78, 5) is 27.1. The summed E-state index contributed by atoms with van der Waals surface area (Å²) >= 11 is 0. The van der Waals surface area contributed by atoms with Gasteiger partial charge in [-0.05, 0) is 54.9 Å². The van der Waals surface area contributed by atoms with Gasteiger partial charge in [-0.1, -0.05) is 24.3 Å². The van der Waals surface area contributed by atoms with Crippen molar-refractivity contribution in [2.75, 3.05) is 31.5 Å². The number of fused-ring (bicyclic) bond motifs is 3. The van der Waals surface area contributed by atoms with Crippen LogP contribution < -0.4 is 15.5 Å². The number of ether oxygens (including phenoxy) is 1. The van der Waals surface area contributed by atoms with Gasteiger partial charge in [0.15, 0.2) is 17.3 Å². The Morgan fingerprint density at radius 1 is 1.12 bits per heavy atom. The number of carboxylic acids is 1. The third-order valence-electron chi connectivity index (χ3n) is 6.65. The first-order chi connectivity index (χ1) is 16.5. The Balaban J connectivity index is 1.56. The Kier molecular flexibility index (Phi) is 4.77. The average Bonchev–Trinajstić information content (AvgIpc) is 3.34. The molecule has 8 heteroatoms. The molecule has 0 aliphatic carbocycles. The van der Waals surface area contributed by atoms with Crippen molar-refractivity contribution in [2.45, 2.75) is 12.8 Å². The highest BCUT2D eigenvalue weighted by Gasteiger charge is 2.28. The molecule has 7 nitrogen and oxygen atoms in total. The minimum atomic E-state index is -1.36. The van der Waals surface area contributed by atoms with Crippen LogP contribution in [0.25, 0.3) is 27.4 Å². The molecule has 1 saturated heterocycles. The van der Waals surface area contributed by atoms with Crippen LogP contribution >= 0.6 is 0 Å². The SMILES string of the molecule is O=C(O)c1cn2c3c(c(NCCN4CCCC4)c(F)cc3c1=O)Oc1cc3ccccc3cc1-2. The van der Waals surface area contributed by atoms with Crippen LogP contribution in [-0.4, -0.2) is 46.7 Å². The van der Waals surface area contributed by atoms with E-state index in [1.807, 2.05) is 36.4 Å². The van der Waals surface area contributed by atoms with E-state index in [0.717, 1.165) is 36.5 Å². The van der Waals surface area contributed by atoms with Gasteiger partial charge < -0.3 is 24.6 Å². The molecule has 2 aliphatic heterocycles. The lowest BCUT2D eigenvalue weighted by molar-refractivity contribution is 0.0695. The maximum absolute atomic E-state index is 15.3. The first-order valence-electron chi connectivity index (χ1n) is 11.3.